The Balaban J connectivity index is 2.41. The first kappa shape index (κ1) is 12.0. The fraction of sp³-hybridized carbons (Fsp3) is 1.00. The van der Waals surface area contributed by atoms with E-state index in [2.05, 4.69) is 25.7 Å². The van der Waals surface area contributed by atoms with Gasteiger partial charge >= 0.3 is 0 Å². The van der Waals surface area contributed by atoms with E-state index in [1.165, 1.54) is 32.4 Å². The maximum absolute atomic E-state index is 5.74. The summed E-state index contributed by atoms with van der Waals surface area (Å²) in [6, 6.07) is 0.728. The highest BCUT2D eigenvalue weighted by atomic mass is 15.2. The molecule has 14 heavy (non-hydrogen) atoms. The van der Waals surface area contributed by atoms with Crippen LogP contribution in [0.1, 0.15) is 40.0 Å². The van der Waals surface area contributed by atoms with Crippen LogP contribution in [0.25, 0.3) is 0 Å². The van der Waals surface area contributed by atoms with Gasteiger partial charge in [-0.3, -0.25) is 0 Å². The maximum atomic E-state index is 5.74. The number of rotatable bonds is 3. The Bertz CT molecular complexity index is 156. The van der Waals surface area contributed by atoms with Crippen molar-refractivity contribution in [3.63, 3.8) is 0 Å². The summed E-state index contributed by atoms with van der Waals surface area (Å²) in [5.74, 6) is 1.55. The second-order valence-corrected chi connectivity index (χ2v) is 5.05. The lowest BCUT2D eigenvalue weighted by molar-refractivity contribution is 0.173. The molecule has 1 heterocycles. The van der Waals surface area contributed by atoms with Crippen molar-refractivity contribution in [2.24, 2.45) is 17.6 Å². The Morgan fingerprint density at radius 1 is 1.21 bits per heavy atom. The highest BCUT2D eigenvalue weighted by Gasteiger charge is 2.21. The molecule has 2 heteroatoms. The van der Waals surface area contributed by atoms with Gasteiger partial charge in [-0.2, -0.15) is 0 Å². The van der Waals surface area contributed by atoms with Crippen molar-refractivity contribution in [1.29, 1.82) is 0 Å². The minimum Gasteiger partial charge on any atom is -0.330 e. The third-order valence-corrected chi connectivity index (χ3v) is 3.76. The molecule has 0 radical (unpaired) electrons. The van der Waals surface area contributed by atoms with Gasteiger partial charge in [0.15, 0.2) is 0 Å². The normalized spacial score (nSPS) is 27.6. The van der Waals surface area contributed by atoms with Crippen molar-refractivity contribution in [2.75, 3.05) is 19.6 Å². The Kier molecular flexibility index (Phi) is 4.90. The summed E-state index contributed by atoms with van der Waals surface area (Å²) in [6.45, 7) is 10.4. The Hall–Kier alpha value is -0.0800. The first-order chi connectivity index (χ1) is 6.65. The first-order valence-corrected chi connectivity index (χ1v) is 6.09. The molecule has 1 aliphatic rings. The van der Waals surface area contributed by atoms with E-state index in [1.54, 1.807) is 0 Å². The smallest absolute Gasteiger partial charge is 0.00899 e. The van der Waals surface area contributed by atoms with Crippen LogP contribution in [-0.4, -0.2) is 30.6 Å². The highest BCUT2D eigenvalue weighted by Crippen LogP contribution is 2.20. The minimum absolute atomic E-state index is 0.728. The molecule has 0 aromatic carbocycles. The Labute approximate surface area is 88.8 Å². The second-order valence-electron chi connectivity index (χ2n) is 5.05. The Morgan fingerprint density at radius 3 is 2.50 bits per heavy atom. The van der Waals surface area contributed by atoms with Gasteiger partial charge < -0.3 is 10.6 Å². The molecule has 0 spiro atoms. The van der Waals surface area contributed by atoms with Crippen LogP contribution in [0.4, 0.5) is 0 Å². The molecule has 1 saturated heterocycles. The summed E-state index contributed by atoms with van der Waals surface area (Å²) in [5, 5.41) is 0. The summed E-state index contributed by atoms with van der Waals surface area (Å²) >= 11 is 0. The molecule has 1 rings (SSSR count). The van der Waals surface area contributed by atoms with E-state index in [1.807, 2.05) is 0 Å². The summed E-state index contributed by atoms with van der Waals surface area (Å²) in [5.41, 5.74) is 5.74. The van der Waals surface area contributed by atoms with Gasteiger partial charge in [-0.15, -0.1) is 0 Å². The van der Waals surface area contributed by atoms with Crippen molar-refractivity contribution in [3.05, 3.63) is 0 Å². The van der Waals surface area contributed by atoms with Crippen LogP contribution in [0.15, 0.2) is 0 Å². The molecule has 0 saturated carbocycles. The molecule has 2 atom stereocenters. The summed E-state index contributed by atoms with van der Waals surface area (Å²) < 4.78 is 0. The molecule has 84 valence electrons. The maximum Gasteiger partial charge on any atom is 0.00899 e. The number of nitrogens with two attached hydrogens (primary N) is 1. The van der Waals surface area contributed by atoms with Crippen LogP contribution in [0.3, 0.4) is 0 Å². The van der Waals surface area contributed by atoms with Crippen molar-refractivity contribution in [3.8, 4) is 0 Å². The van der Waals surface area contributed by atoms with Crippen LogP contribution in [0, 0.1) is 11.8 Å². The van der Waals surface area contributed by atoms with E-state index in [0.717, 1.165) is 24.4 Å². The average molecular weight is 198 g/mol. The Morgan fingerprint density at radius 2 is 1.93 bits per heavy atom. The minimum atomic E-state index is 0.728. The monoisotopic (exact) mass is 198 g/mol. The zero-order valence-electron chi connectivity index (χ0n) is 10.00. The van der Waals surface area contributed by atoms with Gasteiger partial charge in [0.05, 0.1) is 0 Å². The van der Waals surface area contributed by atoms with E-state index in [0.29, 0.717) is 0 Å². The van der Waals surface area contributed by atoms with Crippen LogP contribution >= 0.6 is 0 Å². The van der Waals surface area contributed by atoms with Crippen molar-refractivity contribution < 1.29 is 0 Å². The lowest BCUT2D eigenvalue weighted by Gasteiger charge is -2.30. The summed E-state index contributed by atoms with van der Waals surface area (Å²) in [6.07, 6.45) is 3.96. The van der Waals surface area contributed by atoms with E-state index in [4.69, 9.17) is 5.73 Å². The van der Waals surface area contributed by atoms with Gasteiger partial charge in [0, 0.05) is 6.04 Å². The number of hydrogen-bond acceptors (Lipinski definition) is 2. The van der Waals surface area contributed by atoms with E-state index in [-0.39, 0.29) is 0 Å². The lowest BCUT2D eigenvalue weighted by atomic mass is 10.0. The summed E-state index contributed by atoms with van der Waals surface area (Å²) in [7, 11) is 0. The van der Waals surface area contributed by atoms with Gasteiger partial charge in [0.1, 0.15) is 0 Å². The molecule has 0 aliphatic carbocycles. The molecular weight excluding hydrogens is 172 g/mol. The third-order valence-electron chi connectivity index (χ3n) is 3.76. The number of likely N-dealkylation sites (tertiary alicyclic amines) is 1. The summed E-state index contributed by atoms with van der Waals surface area (Å²) in [4.78, 5) is 2.64. The van der Waals surface area contributed by atoms with Crippen molar-refractivity contribution in [2.45, 2.75) is 46.1 Å². The molecule has 0 amide bonds. The van der Waals surface area contributed by atoms with Crippen LogP contribution in [0.2, 0.25) is 0 Å². The largest absolute Gasteiger partial charge is 0.330 e. The molecule has 2 nitrogen and oxygen atoms in total. The third kappa shape index (κ3) is 3.25. The molecule has 0 aromatic rings. The molecule has 2 unspecified atom stereocenters. The topological polar surface area (TPSA) is 29.3 Å². The standard InChI is InChI=1S/C12H26N2/c1-10(2)11(3)14-7-4-5-12(9-13)6-8-14/h10-12H,4-9,13H2,1-3H3. The van der Waals surface area contributed by atoms with E-state index in [9.17, 15) is 0 Å². The van der Waals surface area contributed by atoms with Crippen LogP contribution in [0.5, 0.6) is 0 Å². The molecule has 0 bridgehead atoms. The first-order valence-electron chi connectivity index (χ1n) is 6.09. The fourth-order valence-corrected chi connectivity index (χ4v) is 2.25. The van der Waals surface area contributed by atoms with Gasteiger partial charge in [0.2, 0.25) is 0 Å². The average Bonchev–Trinajstić information content (AvgIpc) is 2.41. The lowest BCUT2D eigenvalue weighted by Crippen LogP contribution is -2.37. The van der Waals surface area contributed by atoms with Crippen molar-refractivity contribution >= 4 is 0 Å². The zero-order valence-corrected chi connectivity index (χ0v) is 10.00. The van der Waals surface area contributed by atoms with Crippen LogP contribution in [-0.2, 0) is 0 Å². The molecule has 1 fully saturated rings. The van der Waals surface area contributed by atoms with E-state index >= 15 is 0 Å². The molecule has 0 aromatic heterocycles. The zero-order chi connectivity index (χ0) is 10.6. The van der Waals surface area contributed by atoms with Gasteiger partial charge in [-0.05, 0) is 57.7 Å². The van der Waals surface area contributed by atoms with Gasteiger partial charge in [-0.1, -0.05) is 13.8 Å². The van der Waals surface area contributed by atoms with Gasteiger partial charge in [-0.25, -0.2) is 0 Å². The molecule has 2 N–H and O–H groups in total. The molecular formula is C12H26N2. The number of hydrogen-bond donors (Lipinski definition) is 1. The SMILES string of the molecule is CC(C)C(C)N1CCCC(CN)CC1. The van der Waals surface area contributed by atoms with Gasteiger partial charge in [0.25, 0.3) is 0 Å². The fourth-order valence-electron chi connectivity index (χ4n) is 2.25. The highest BCUT2D eigenvalue weighted by molar-refractivity contribution is 4.76. The second kappa shape index (κ2) is 5.72. The van der Waals surface area contributed by atoms with Crippen LogP contribution < -0.4 is 5.73 Å². The predicted molar refractivity (Wildman–Crippen MR) is 62.3 cm³/mol. The predicted octanol–water partition coefficient (Wildman–Crippen LogP) is 2.09. The van der Waals surface area contributed by atoms with Crippen molar-refractivity contribution in [1.82, 2.24) is 4.90 Å². The number of nitrogens with zero attached hydrogens (tertiary/aromatic N) is 1. The molecule has 1 aliphatic heterocycles. The quantitative estimate of drug-likeness (QED) is 0.752. The van der Waals surface area contributed by atoms with E-state index < -0.39 is 0 Å².